The lowest BCUT2D eigenvalue weighted by atomic mass is 9.86. The van der Waals surface area contributed by atoms with Crippen molar-refractivity contribution in [3.05, 3.63) is 35.3 Å². The maximum atomic E-state index is 9.34. The monoisotopic (exact) mass is 352 g/mol. The molecule has 3 aliphatic rings. The minimum atomic E-state index is 0.405. The van der Waals surface area contributed by atoms with Gasteiger partial charge in [-0.1, -0.05) is 11.8 Å². The molecule has 2 atom stereocenters. The van der Waals surface area contributed by atoms with Crippen LogP contribution in [0.2, 0.25) is 0 Å². The number of hydrogen-bond donors (Lipinski definition) is 0. The van der Waals surface area contributed by atoms with E-state index in [4.69, 9.17) is 4.98 Å². The summed E-state index contributed by atoms with van der Waals surface area (Å²) >= 11 is 1.58. The van der Waals surface area contributed by atoms with Crippen LogP contribution in [0.5, 0.6) is 0 Å². The third kappa shape index (κ3) is 2.61. The zero-order chi connectivity index (χ0) is 17.6. The second-order valence-corrected chi connectivity index (χ2v) is 7.36. The number of aromatic nitrogens is 3. The highest BCUT2D eigenvalue weighted by molar-refractivity contribution is 7.98. The molecule has 2 bridgehead atoms. The van der Waals surface area contributed by atoms with Crippen molar-refractivity contribution in [3.63, 3.8) is 0 Å². The predicted molar refractivity (Wildman–Crippen MR) is 99.1 cm³/mol. The van der Waals surface area contributed by atoms with Crippen LogP contribution in [-0.2, 0) is 0 Å². The van der Waals surface area contributed by atoms with Gasteiger partial charge in [0.1, 0.15) is 11.9 Å². The Morgan fingerprint density at radius 3 is 2.68 bits per heavy atom. The summed E-state index contributed by atoms with van der Waals surface area (Å²) in [4.78, 5) is 18.2. The summed E-state index contributed by atoms with van der Waals surface area (Å²) in [6.45, 7) is 5.98. The third-order valence-electron chi connectivity index (χ3n) is 5.19. The first-order valence-corrected chi connectivity index (χ1v) is 9.62. The van der Waals surface area contributed by atoms with E-state index >= 15 is 0 Å². The van der Waals surface area contributed by atoms with Crippen LogP contribution in [-0.4, -0.2) is 46.4 Å². The van der Waals surface area contributed by atoms with Gasteiger partial charge in [-0.2, -0.15) is 5.26 Å². The minimum Gasteiger partial charge on any atom is -0.359 e. The Labute approximate surface area is 151 Å². The number of fused-ring (bicyclic) bond motifs is 2. The highest BCUT2D eigenvalue weighted by Gasteiger charge is 2.46. The second-order valence-electron chi connectivity index (χ2n) is 6.58. The predicted octanol–water partition coefficient (Wildman–Crippen LogP) is 2.55. The molecule has 3 fully saturated rings. The van der Waals surface area contributed by atoms with E-state index in [1.807, 2.05) is 25.3 Å². The molecule has 0 saturated carbocycles. The Hall–Kier alpha value is -2.33. The van der Waals surface area contributed by atoms with E-state index in [1.54, 1.807) is 18.0 Å². The van der Waals surface area contributed by atoms with Crippen LogP contribution in [0.3, 0.4) is 0 Å². The summed E-state index contributed by atoms with van der Waals surface area (Å²) in [7, 11) is 0. The first-order chi connectivity index (χ1) is 12.1. The largest absolute Gasteiger partial charge is 0.359 e. The molecule has 2 aromatic rings. The van der Waals surface area contributed by atoms with Gasteiger partial charge in [-0.15, -0.1) is 0 Å². The maximum Gasteiger partial charge on any atom is 0.189 e. The van der Waals surface area contributed by atoms with Crippen LogP contribution in [0, 0.1) is 25.2 Å². The number of hydrogen-bond acceptors (Lipinski definition) is 7. The summed E-state index contributed by atoms with van der Waals surface area (Å²) in [5, 5.41) is 10.2. The van der Waals surface area contributed by atoms with Gasteiger partial charge >= 0.3 is 0 Å². The number of piperidine rings is 1. The van der Waals surface area contributed by atoms with Gasteiger partial charge in [-0.25, -0.2) is 15.0 Å². The standard InChI is InChI=1S/C18H20N6S/c1-11-12(2)21-18(25-3)22-17(11)23-9-13-7-14(10-23)24(13)16-5-4-6-20-15(16)8-19/h4-6,13-14H,7,9-10H2,1-3H3. The van der Waals surface area contributed by atoms with Crippen LogP contribution in [0.4, 0.5) is 11.5 Å². The number of aryl methyl sites for hydroxylation is 1. The van der Waals surface area contributed by atoms with Gasteiger partial charge in [-0.05, 0) is 38.7 Å². The number of thioether (sulfide) groups is 1. The fourth-order valence-electron chi connectivity index (χ4n) is 3.86. The first-order valence-electron chi connectivity index (χ1n) is 8.40. The number of piperazine rings is 1. The van der Waals surface area contributed by atoms with Gasteiger partial charge in [-0.3, -0.25) is 0 Å². The summed E-state index contributed by atoms with van der Waals surface area (Å²) in [5.74, 6) is 1.05. The van der Waals surface area contributed by atoms with Gasteiger partial charge in [0.15, 0.2) is 10.9 Å². The zero-order valence-corrected chi connectivity index (χ0v) is 15.4. The van der Waals surface area contributed by atoms with Crippen LogP contribution in [0.25, 0.3) is 0 Å². The molecule has 3 aliphatic heterocycles. The molecule has 0 radical (unpaired) electrons. The Balaban J connectivity index is 1.60. The molecule has 0 aromatic carbocycles. The molecular formula is C18H20N6S. The molecule has 25 heavy (non-hydrogen) atoms. The minimum absolute atomic E-state index is 0.405. The Morgan fingerprint density at radius 2 is 2.00 bits per heavy atom. The lowest BCUT2D eigenvalue weighted by Crippen LogP contribution is -2.69. The van der Waals surface area contributed by atoms with Gasteiger partial charge in [0, 0.05) is 42.6 Å². The smallest absolute Gasteiger partial charge is 0.189 e. The Bertz CT molecular complexity index is 849. The van der Waals surface area contributed by atoms with Crippen LogP contribution >= 0.6 is 11.8 Å². The van der Waals surface area contributed by atoms with E-state index in [9.17, 15) is 5.26 Å². The van der Waals surface area contributed by atoms with E-state index in [0.717, 1.165) is 47.4 Å². The van der Waals surface area contributed by atoms with E-state index < -0.39 is 0 Å². The van der Waals surface area contributed by atoms with Crippen LogP contribution in [0.15, 0.2) is 23.5 Å². The van der Waals surface area contributed by atoms with Crippen LogP contribution < -0.4 is 9.80 Å². The number of rotatable bonds is 3. The van der Waals surface area contributed by atoms with E-state index in [-0.39, 0.29) is 0 Å². The molecule has 0 aliphatic carbocycles. The molecule has 0 spiro atoms. The number of anilines is 2. The lowest BCUT2D eigenvalue weighted by molar-refractivity contribution is 0.289. The summed E-state index contributed by atoms with van der Waals surface area (Å²) in [6.07, 6.45) is 4.85. The number of pyridine rings is 1. The summed E-state index contributed by atoms with van der Waals surface area (Å²) in [6, 6.07) is 6.94. The molecular weight excluding hydrogens is 332 g/mol. The van der Waals surface area contributed by atoms with Crippen molar-refractivity contribution < 1.29 is 0 Å². The van der Waals surface area contributed by atoms with E-state index in [0.29, 0.717) is 17.8 Å². The molecule has 2 unspecified atom stereocenters. The van der Waals surface area contributed by atoms with Gasteiger partial charge in [0.25, 0.3) is 0 Å². The normalized spacial score (nSPS) is 21.7. The molecule has 5 rings (SSSR count). The number of nitrogens with zero attached hydrogens (tertiary/aromatic N) is 6. The summed E-state index contributed by atoms with van der Waals surface area (Å²) in [5.41, 5.74) is 3.69. The first kappa shape index (κ1) is 16.2. The highest BCUT2D eigenvalue weighted by atomic mass is 32.2. The fraction of sp³-hybridized carbons (Fsp3) is 0.444. The molecule has 0 amide bonds. The topological polar surface area (TPSA) is 68.9 Å². The van der Waals surface area contributed by atoms with Crippen molar-refractivity contribution in [1.82, 2.24) is 15.0 Å². The lowest BCUT2D eigenvalue weighted by Gasteiger charge is -2.58. The average Bonchev–Trinajstić information content (AvgIpc) is 2.64. The van der Waals surface area contributed by atoms with Crippen molar-refractivity contribution in [2.45, 2.75) is 37.5 Å². The molecule has 6 nitrogen and oxygen atoms in total. The average molecular weight is 352 g/mol. The molecule has 0 N–H and O–H groups in total. The van der Waals surface area contributed by atoms with Crippen molar-refractivity contribution in [2.24, 2.45) is 0 Å². The van der Waals surface area contributed by atoms with Gasteiger partial charge in [0.05, 0.1) is 5.69 Å². The van der Waals surface area contributed by atoms with Crippen LogP contribution in [0.1, 0.15) is 23.4 Å². The fourth-order valence-corrected chi connectivity index (χ4v) is 4.26. The van der Waals surface area contributed by atoms with Crippen molar-refractivity contribution >= 4 is 23.3 Å². The SMILES string of the molecule is CSc1nc(C)c(C)c(N2CC3CC(C2)N3c2cccnc2C#N)n1. The molecule has 7 heteroatoms. The van der Waals surface area contributed by atoms with Crippen molar-refractivity contribution in [1.29, 1.82) is 5.26 Å². The third-order valence-corrected chi connectivity index (χ3v) is 5.74. The van der Waals surface area contributed by atoms with Gasteiger partial charge < -0.3 is 9.80 Å². The van der Waals surface area contributed by atoms with Crippen molar-refractivity contribution in [3.8, 4) is 6.07 Å². The highest BCUT2D eigenvalue weighted by Crippen LogP contribution is 2.40. The summed E-state index contributed by atoms with van der Waals surface area (Å²) < 4.78 is 0. The second kappa shape index (κ2) is 6.19. The maximum absolute atomic E-state index is 9.34. The molecule has 5 heterocycles. The van der Waals surface area contributed by atoms with Crippen molar-refractivity contribution in [2.75, 3.05) is 29.1 Å². The zero-order valence-electron chi connectivity index (χ0n) is 14.6. The van der Waals surface area contributed by atoms with Gasteiger partial charge in [0.2, 0.25) is 0 Å². The van der Waals surface area contributed by atoms with E-state index in [1.165, 1.54) is 0 Å². The quantitative estimate of drug-likeness (QED) is 0.621. The molecule has 3 saturated heterocycles. The van der Waals surface area contributed by atoms with E-state index in [2.05, 4.69) is 32.8 Å². The Kier molecular flexibility index (Phi) is 4.00. The molecule has 2 aromatic heterocycles. The molecule has 128 valence electrons. The number of nitriles is 1. The Morgan fingerprint density at radius 1 is 1.24 bits per heavy atom.